The van der Waals surface area contributed by atoms with Crippen LogP contribution in [0.2, 0.25) is 0 Å². The van der Waals surface area contributed by atoms with E-state index in [2.05, 4.69) is 23.7 Å². The molecule has 0 saturated carbocycles. The normalized spacial score (nSPS) is 11.5. The molecule has 2 rings (SSSR count). The Kier molecular flexibility index (Phi) is 5.80. The molecule has 0 spiro atoms. The molecule has 1 N–H and O–H groups in total. The van der Waals surface area contributed by atoms with Crippen LogP contribution in [-0.4, -0.2) is 41.3 Å². The summed E-state index contributed by atoms with van der Waals surface area (Å²) < 4.78 is 11.1. The van der Waals surface area contributed by atoms with Crippen LogP contribution in [0.5, 0.6) is 5.75 Å². The van der Waals surface area contributed by atoms with Crippen molar-refractivity contribution in [1.82, 2.24) is 9.88 Å². The van der Waals surface area contributed by atoms with Crippen LogP contribution in [0.25, 0.3) is 11.5 Å². The molecule has 23 heavy (non-hydrogen) atoms. The number of aromatic nitrogens is 1. The van der Waals surface area contributed by atoms with Crippen molar-refractivity contribution in [2.24, 2.45) is 0 Å². The molecule has 0 aliphatic heterocycles. The summed E-state index contributed by atoms with van der Waals surface area (Å²) in [6, 6.07) is 6.23. The maximum absolute atomic E-state index is 9.20. The van der Waals surface area contributed by atoms with Gasteiger partial charge in [-0.1, -0.05) is 0 Å². The van der Waals surface area contributed by atoms with Gasteiger partial charge in [-0.2, -0.15) is 0 Å². The van der Waals surface area contributed by atoms with E-state index in [9.17, 15) is 5.11 Å². The molecule has 1 aromatic carbocycles. The molecular weight excluding hydrogens is 292 g/mol. The van der Waals surface area contributed by atoms with Crippen molar-refractivity contribution in [3.63, 3.8) is 0 Å². The number of hydrogen-bond acceptors (Lipinski definition) is 5. The molecule has 0 fully saturated rings. The third kappa shape index (κ3) is 4.12. The predicted octanol–water partition coefficient (Wildman–Crippen LogP) is 3.17. The molecule has 0 atom stereocenters. The zero-order chi connectivity index (χ0) is 17.0. The second-order valence-corrected chi connectivity index (χ2v) is 5.99. The fourth-order valence-corrected chi connectivity index (χ4v) is 2.55. The van der Waals surface area contributed by atoms with Gasteiger partial charge in [0.15, 0.2) is 0 Å². The van der Waals surface area contributed by atoms with E-state index in [4.69, 9.17) is 9.15 Å². The first-order valence-electron chi connectivity index (χ1n) is 7.92. The SMILES string of the molecule is COc1ccc(-c2nc(CN(CCO)C(C)C)c(C)o2)cc1C. The molecule has 2 aromatic rings. The zero-order valence-corrected chi connectivity index (χ0v) is 14.6. The van der Waals surface area contributed by atoms with Crippen molar-refractivity contribution >= 4 is 0 Å². The molecule has 5 heteroatoms. The smallest absolute Gasteiger partial charge is 0.226 e. The number of aliphatic hydroxyl groups is 1. The number of methoxy groups -OCH3 is 1. The number of hydrogen-bond donors (Lipinski definition) is 1. The second kappa shape index (κ2) is 7.62. The van der Waals surface area contributed by atoms with Gasteiger partial charge in [-0.25, -0.2) is 4.98 Å². The van der Waals surface area contributed by atoms with Gasteiger partial charge in [-0.3, -0.25) is 4.90 Å². The van der Waals surface area contributed by atoms with Gasteiger partial charge in [0.2, 0.25) is 5.89 Å². The molecule has 0 bridgehead atoms. The maximum Gasteiger partial charge on any atom is 0.226 e. The summed E-state index contributed by atoms with van der Waals surface area (Å²) in [7, 11) is 1.66. The molecule has 0 unspecified atom stereocenters. The quantitative estimate of drug-likeness (QED) is 0.850. The van der Waals surface area contributed by atoms with Crippen LogP contribution in [0.1, 0.15) is 30.9 Å². The van der Waals surface area contributed by atoms with Crippen LogP contribution in [0.3, 0.4) is 0 Å². The highest BCUT2D eigenvalue weighted by molar-refractivity contribution is 5.57. The number of oxazole rings is 1. The summed E-state index contributed by atoms with van der Waals surface area (Å²) in [5.74, 6) is 2.29. The number of nitrogens with zero attached hydrogens (tertiary/aromatic N) is 2. The van der Waals surface area contributed by atoms with E-state index in [0.29, 0.717) is 25.0 Å². The summed E-state index contributed by atoms with van der Waals surface area (Å²) in [4.78, 5) is 6.82. The van der Waals surface area contributed by atoms with E-state index in [1.54, 1.807) is 7.11 Å². The Labute approximate surface area is 137 Å². The number of benzene rings is 1. The van der Waals surface area contributed by atoms with Crippen molar-refractivity contribution in [3.8, 4) is 17.2 Å². The van der Waals surface area contributed by atoms with Crippen LogP contribution >= 0.6 is 0 Å². The standard InChI is InChI=1S/C18H26N2O3/c1-12(2)20(8-9-21)11-16-14(4)23-18(19-16)15-6-7-17(22-5)13(3)10-15/h6-7,10,12,21H,8-9,11H2,1-5H3. The molecule has 0 amide bonds. The molecule has 0 aliphatic carbocycles. The van der Waals surface area contributed by atoms with Crippen LogP contribution < -0.4 is 4.74 Å². The van der Waals surface area contributed by atoms with Gasteiger partial charge in [-0.05, 0) is 51.5 Å². The Bertz CT molecular complexity index is 650. The van der Waals surface area contributed by atoms with Gasteiger partial charge in [0, 0.05) is 24.7 Å². The highest BCUT2D eigenvalue weighted by Gasteiger charge is 2.17. The number of ether oxygens (including phenoxy) is 1. The molecule has 0 saturated heterocycles. The highest BCUT2D eigenvalue weighted by Crippen LogP contribution is 2.27. The van der Waals surface area contributed by atoms with Crippen LogP contribution in [0.4, 0.5) is 0 Å². The Morgan fingerprint density at radius 1 is 1.30 bits per heavy atom. The molecule has 5 nitrogen and oxygen atoms in total. The van der Waals surface area contributed by atoms with E-state index in [-0.39, 0.29) is 6.61 Å². The molecule has 126 valence electrons. The lowest BCUT2D eigenvalue weighted by atomic mass is 10.1. The van der Waals surface area contributed by atoms with E-state index in [1.807, 2.05) is 32.0 Å². The first kappa shape index (κ1) is 17.5. The number of rotatable bonds is 7. The van der Waals surface area contributed by atoms with Crippen LogP contribution in [-0.2, 0) is 6.54 Å². The minimum Gasteiger partial charge on any atom is -0.496 e. The average molecular weight is 318 g/mol. The fourth-order valence-electron chi connectivity index (χ4n) is 2.55. The Morgan fingerprint density at radius 2 is 2.04 bits per heavy atom. The van der Waals surface area contributed by atoms with Crippen LogP contribution in [0, 0.1) is 13.8 Å². The first-order valence-corrected chi connectivity index (χ1v) is 7.92. The molecule has 0 radical (unpaired) electrons. The molecular formula is C18H26N2O3. The van der Waals surface area contributed by atoms with Crippen molar-refractivity contribution in [2.45, 2.75) is 40.3 Å². The van der Waals surface area contributed by atoms with E-state index >= 15 is 0 Å². The van der Waals surface area contributed by atoms with E-state index in [1.165, 1.54) is 0 Å². The minimum atomic E-state index is 0.139. The third-order valence-corrected chi connectivity index (χ3v) is 4.00. The van der Waals surface area contributed by atoms with Gasteiger partial charge < -0.3 is 14.3 Å². The van der Waals surface area contributed by atoms with E-state index in [0.717, 1.165) is 28.3 Å². The lowest BCUT2D eigenvalue weighted by Gasteiger charge is -2.24. The van der Waals surface area contributed by atoms with Crippen molar-refractivity contribution in [2.75, 3.05) is 20.3 Å². The van der Waals surface area contributed by atoms with Gasteiger partial charge in [0.1, 0.15) is 11.5 Å². The highest BCUT2D eigenvalue weighted by atomic mass is 16.5. The van der Waals surface area contributed by atoms with Crippen molar-refractivity contribution < 1.29 is 14.3 Å². The Hall–Kier alpha value is -1.85. The summed E-state index contributed by atoms with van der Waals surface area (Å²) >= 11 is 0. The average Bonchev–Trinajstić information content (AvgIpc) is 2.87. The lowest BCUT2D eigenvalue weighted by molar-refractivity contribution is 0.157. The number of aryl methyl sites for hydroxylation is 2. The van der Waals surface area contributed by atoms with Gasteiger partial charge in [-0.15, -0.1) is 0 Å². The zero-order valence-electron chi connectivity index (χ0n) is 14.6. The number of aliphatic hydroxyl groups excluding tert-OH is 1. The Balaban J connectivity index is 2.25. The summed E-state index contributed by atoms with van der Waals surface area (Å²) in [5, 5.41) is 9.20. The lowest BCUT2D eigenvalue weighted by Crippen LogP contribution is -2.33. The van der Waals surface area contributed by atoms with Crippen LogP contribution in [0.15, 0.2) is 22.6 Å². The predicted molar refractivity (Wildman–Crippen MR) is 90.6 cm³/mol. The van der Waals surface area contributed by atoms with Gasteiger partial charge in [0.25, 0.3) is 0 Å². The molecule has 1 heterocycles. The second-order valence-electron chi connectivity index (χ2n) is 5.99. The monoisotopic (exact) mass is 318 g/mol. The topological polar surface area (TPSA) is 58.7 Å². The third-order valence-electron chi connectivity index (χ3n) is 4.00. The summed E-state index contributed by atoms with van der Waals surface area (Å²) in [6.45, 7) is 9.58. The van der Waals surface area contributed by atoms with E-state index < -0.39 is 0 Å². The summed E-state index contributed by atoms with van der Waals surface area (Å²) in [6.07, 6.45) is 0. The fraction of sp³-hybridized carbons (Fsp3) is 0.500. The van der Waals surface area contributed by atoms with Gasteiger partial charge in [0.05, 0.1) is 19.4 Å². The molecule has 1 aromatic heterocycles. The maximum atomic E-state index is 9.20. The van der Waals surface area contributed by atoms with Crippen molar-refractivity contribution in [1.29, 1.82) is 0 Å². The first-order chi connectivity index (χ1) is 11.0. The van der Waals surface area contributed by atoms with Crippen molar-refractivity contribution in [3.05, 3.63) is 35.2 Å². The minimum absolute atomic E-state index is 0.139. The largest absolute Gasteiger partial charge is 0.496 e. The Morgan fingerprint density at radius 3 is 2.61 bits per heavy atom. The summed E-state index contributed by atoms with van der Waals surface area (Å²) in [5.41, 5.74) is 2.90. The molecule has 0 aliphatic rings. The van der Waals surface area contributed by atoms with Gasteiger partial charge >= 0.3 is 0 Å².